The van der Waals surface area contributed by atoms with Gasteiger partial charge in [0.2, 0.25) is 0 Å². The van der Waals surface area contributed by atoms with Gasteiger partial charge in [-0.25, -0.2) is 4.68 Å². The van der Waals surface area contributed by atoms with E-state index in [2.05, 4.69) is 35.5 Å². The molecule has 1 aliphatic heterocycles. The van der Waals surface area contributed by atoms with E-state index in [9.17, 15) is 0 Å². The molecular formula is C17H25ClN4. The zero-order valence-electron chi connectivity index (χ0n) is 13.1. The first kappa shape index (κ1) is 17.0. The summed E-state index contributed by atoms with van der Waals surface area (Å²) in [5.74, 6) is 0. The summed E-state index contributed by atoms with van der Waals surface area (Å²) < 4.78 is 1.96. The van der Waals surface area contributed by atoms with Crippen molar-refractivity contribution in [1.82, 2.24) is 20.0 Å². The van der Waals surface area contributed by atoms with E-state index in [1.165, 1.54) is 19.3 Å². The van der Waals surface area contributed by atoms with Gasteiger partial charge in [-0.3, -0.25) is 4.90 Å². The molecule has 5 heteroatoms. The number of hydrogen-bond acceptors (Lipinski definition) is 3. The van der Waals surface area contributed by atoms with Crippen LogP contribution in [-0.4, -0.2) is 40.9 Å². The second kappa shape index (κ2) is 8.32. The van der Waals surface area contributed by atoms with Crippen molar-refractivity contribution in [2.45, 2.75) is 31.8 Å². The van der Waals surface area contributed by atoms with Gasteiger partial charge < -0.3 is 5.32 Å². The topological polar surface area (TPSA) is 33.1 Å². The molecule has 1 saturated heterocycles. The lowest BCUT2D eigenvalue weighted by Crippen LogP contribution is -2.32. The van der Waals surface area contributed by atoms with Crippen molar-refractivity contribution in [3.8, 4) is 5.69 Å². The molecular weight excluding hydrogens is 296 g/mol. The number of benzene rings is 1. The number of nitrogens with one attached hydrogen (secondary N) is 1. The van der Waals surface area contributed by atoms with Gasteiger partial charge in [0.05, 0.1) is 11.4 Å². The molecule has 2 heterocycles. The predicted octanol–water partition coefficient (Wildman–Crippen LogP) is 2.87. The molecule has 1 aromatic carbocycles. The van der Waals surface area contributed by atoms with Crippen LogP contribution in [0.15, 0.2) is 42.6 Å². The molecule has 1 N–H and O–H groups in total. The minimum Gasteiger partial charge on any atom is -0.317 e. The first-order valence-corrected chi connectivity index (χ1v) is 7.84. The number of rotatable bonds is 4. The Hall–Kier alpha value is -1.36. The standard InChI is InChI=1S/C17H24N4.ClH/c1-20(16-8-5-11-18-12-9-16)14-15-10-13-21(19-15)17-6-3-2-4-7-17;/h2-4,6-7,10,13,16,18H,5,8-9,11-12,14H2,1H3;1H. The van der Waals surface area contributed by atoms with E-state index >= 15 is 0 Å². The highest BCUT2D eigenvalue weighted by Gasteiger charge is 2.17. The SMILES string of the molecule is CN(Cc1ccn(-c2ccccc2)n1)C1CCCNCC1.Cl. The number of halogens is 1. The van der Waals surface area contributed by atoms with Gasteiger partial charge in [-0.15, -0.1) is 12.4 Å². The van der Waals surface area contributed by atoms with Gasteiger partial charge in [0.15, 0.2) is 0 Å². The smallest absolute Gasteiger partial charge is 0.0769 e. The minimum absolute atomic E-state index is 0. The summed E-state index contributed by atoms with van der Waals surface area (Å²) in [5, 5.41) is 8.17. The lowest BCUT2D eigenvalue weighted by Gasteiger charge is -2.25. The highest BCUT2D eigenvalue weighted by atomic mass is 35.5. The van der Waals surface area contributed by atoms with E-state index < -0.39 is 0 Å². The lowest BCUT2D eigenvalue weighted by molar-refractivity contribution is 0.214. The zero-order chi connectivity index (χ0) is 14.5. The van der Waals surface area contributed by atoms with Crippen LogP contribution >= 0.6 is 12.4 Å². The quantitative estimate of drug-likeness (QED) is 0.940. The second-order valence-electron chi connectivity index (χ2n) is 5.84. The molecule has 22 heavy (non-hydrogen) atoms. The highest BCUT2D eigenvalue weighted by Crippen LogP contribution is 2.15. The molecule has 1 aliphatic rings. The summed E-state index contributed by atoms with van der Waals surface area (Å²) in [7, 11) is 2.22. The Morgan fingerprint density at radius 3 is 2.82 bits per heavy atom. The zero-order valence-corrected chi connectivity index (χ0v) is 13.9. The van der Waals surface area contributed by atoms with E-state index in [-0.39, 0.29) is 12.4 Å². The van der Waals surface area contributed by atoms with Crippen LogP contribution in [0.4, 0.5) is 0 Å². The van der Waals surface area contributed by atoms with Crippen molar-refractivity contribution in [1.29, 1.82) is 0 Å². The average Bonchev–Trinajstić information content (AvgIpc) is 2.81. The normalized spacial score (nSPS) is 18.7. The largest absolute Gasteiger partial charge is 0.317 e. The maximum absolute atomic E-state index is 4.70. The highest BCUT2D eigenvalue weighted by molar-refractivity contribution is 5.85. The molecule has 1 atom stereocenters. The van der Waals surface area contributed by atoms with Crippen LogP contribution in [0.3, 0.4) is 0 Å². The molecule has 120 valence electrons. The van der Waals surface area contributed by atoms with Crippen molar-refractivity contribution in [3.63, 3.8) is 0 Å². The fourth-order valence-corrected chi connectivity index (χ4v) is 3.00. The molecule has 2 aromatic rings. The van der Waals surface area contributed by atoms with Crippen molar-refractivity contribution in [2.24, 2.45) is 0 Å². The molecule has 0 amide bonds. The third-order valence-electron chi connectivity index (χ3n) is 4.25. The van der Waals surface area contributed by atoms with Crippen LogP contribution in [0.1, 0.15) is 25.0 Å². The summed E-state index contributed by atoms with van der Waals surface area (Å²) >= 11 is 0. The van der Waals surface area contributed by atoms with Crippen molar-refractivity contribution in [2.75, 3.05) is 20.1 Å². The molecule has 3 rings (SSSR count). The van der Waals surface area contributed by atoms with Crippen LogP contribution in [0.25, 0.3) is 5.69 Å². The third-order valence-corrected chi connectivity index (χ3v) is 4.25. The maximum Gasteiger partial charge on any atom is 0.0769 e. The number of aromatic nitrogens is 2. The van der Waals surface area contributed by atoms with Gasteiger partial charge in [-0.1, -0.05) is 18.2 Å². The molecule has 0 spiro atoms. The summed E-state index contributed by atoms with van der Waals surface area (Å²) in [5.41, 5.74) is 2.25. The average molecular weight is 321 g/mol. The summed E-state index contributed by atoms with van der Waals surface area (Å²) in [6.07, 6.45) is 5.83. The van der Waals surface area contributed by atoms with Crippen LogP contribution in [-0.2, 0) is 6.54 Å². The molecule has 0 bridgehead atoms. The summed E-state index contributed by atoms with van der Waals surface area (Å²) in [4.78, 5) is 2.45. The van der Waals surface area contributed by atoms with E-state index in [4.69, 9.17) is 5.10 Å². The minimum atomic E-state index is 0. The van der Waals surface area contributed by atoms with Gasteiger partial charge in [0, 0.05) is 18.8 Å². The first-order valence-electron chi connectivity index (χ1n) is 7.84. The monoisotopic (exact) mass is 320 g/mol. The second-order valence-corrected chi connectivity index (χ2v) is 5.84. The lowest BCUT2D eigenvalue weighted by atomic mass is 10.1. The number of para-hydroxylation sites is 1. The molecule has 1 aromatic heterocycles. The molecule has 1 fully saturated rings. The van der Waals surface area contributed by atoms with Crippen molar-refractivity contribution < 1.29 is 0 Å². The molecule has 1 unspecified atom stereocenters. The van der Waals surface area contributed by atoms with E-state index in [1.54, 1.807) is 0 Å². The number of hydrogen-bond donors (Lipinski definition) is 1. The molecule has 0 radical (unpaired) electrons. The maximum atomic E-state index is 4.70. The molecule has 0 aliphatic carbocycles. The van der Waals surface area contributed by atoms with Gasteiger partial charge in [-0.2, -0.15) is 5.10 Å². The van der Waals surface area contributed by atoms with Crippen LogP contribution in [0.5, 0.6) is 0 Å². The Kier molecular flexibility index (Phi) is 6.43. The van der Waals surface area contributed by atoms with E-state index in [0.29, 0.717) is 6.04 Å². The Morgan fingerprint density at radius 1 is 1.18 bits per heavy atom. The van der Waals surface area contributed by atoms with E-state index in [0.717, 1.165) is 31.0 Å². The Labute approximate surface area is 138 Å². The first-order chi connectivity index (χ1) is 10.3. The number of nitrogens with zero attached hydrogens (tertiary/aromatic N) is 3. The van der Waals surface area contributed by atoms with Crippen molar-refractivity contribution >= 4 is 12.4 Å². The third kappa shape index (κ3) is 4.32. The summed E-state index contributed by atoms with van der Waals surface area (Å²) in [6, 6.07) is 13.1. The fourth-order valence-electron chi connectivity index (χ4n) is 3.00. The van der Waals surface area contributed by atoms with E-state index in [1.807, 2.05) is 29.1 Å². The van der Waals surface area contributed by atoms with Gasteiger partial charge in [0.1, 0.15) is 0 Å². The predicted molar refractivity (Wildman–Crippen MR) is 92.8 cm³/mol. The summed E-state index contributed by atoms with van der Waals surface area (Å²) in [6.45, 7) is 3.21. The molecule has 4 nitrogen and oxygen atoms in total. The van der Waals surface area contributed by atoms with Gasteiger partial charge in [-0.05, 0) is 57.6 Å². The molecule has 0 saturated carbocycles. The van der Waals surface area contributed by atoms with Crippen molar-refractivity contribution in [3.05, 3.63) is 48.3 Å². The van der Waals surface area contributed by atoms with Gasteiger partial charge >= 0.3 is 0 Å². The Balaban J connectivity index is 0.00000176. The van der Waals surface area contributed by atoms with Crippen LogP contribution in [0, 0.1) is 0 Å². The van der Waals surface area contributed by atoms with Crippen LogP contribution in [0.2, 0.25) is 0 Å². The Morgan fingerprint density at radius 2 is 2.00 bits per heavy atom. The Bertz CT molecular complexity index is 547. The fraction of sp³-hybridized carbons (Fsp3) is 0.471. The van der Waals surface area contributed by atoms with Crippen LogP contribution < -0.4 is 5.32 Å². The van der Waals surface area contributed by atoms with Gasteiger partial charge in [0.25, 0.3) is 0 Å².